The van der Waals surface area contributed by atoms with Crippen LogP contribution in [0.4, 0.5) is 0 Å². The van der Waals surface area contributed by atoms with E-state index in [0.29, 0.717) is 21.9 Å². The average Bonchev–Trinajstić information content (AvgIpc) is 2.27. The SMILES string of the molecule is Cc1nc2c(nnc3cc(Cl)ccc32)c(=O)o1. The first kappa shape index (κ1) is 10.2. The highest BCUT2D eigenvalue weighted by atomic mass is 35.5. The Balaban J connectivity index is 2.59. The monoisotopic (exact) mass is 247 g/mol. The van der Waals surface area contributed by atoms with Crippen LogP contribution in [0.1, 0.15) is 5.89 Å². The van der Waals surface area contributed by atoms with Gasteiger partial charge >= 0.3 is 5.63 Å². The molecule has 0 bridgehead atoms. The smallest absolute Gasteiger partial charge is 0.367 e. The van der Waals surface area contributed by atoms with E-state index in [-0.39, 0.29) is 5.52 Å². The summed E-state index contributed by atoms with van der Waals surface area (Å²) in [5.74, 6) is 0.298. The molecule has 0 amide bonds. The van der Waals surface area contributed by atoms with Gasteiger partial charge in [-0.05, 0) is 18.2 Å². The van der Waals surface area contributed by atoms with Crippen molar-refractivity contribution in [3.8, 4) is 0 Å². The summed E-state index contributed by atoms with van der Waals surface area (Å²) in [6.45, 7) is 1.61. The third kappa shape index (κ3) is 1.55. The van der Waals surface area contributed by atoms with Gasteiger partial charge in [0.15, 0.2) is 11.4 Å². The summed E-state index contributed by atoms with van der Waals surface area (Å²) in [5, 5.41) is 9.03. The van der Waals surface area contributed by atoms with Crippen LogP contribution >= 0.6 is 11.6 Å². The van der Waals surface area contributed by atoms with E-state index in [2.05, 4.69) is 15.2 Å². The van der Waals surface area contributed by atoms with Crippen LogP contribution in [0.5, 0.6) is 0 Å². The lowest BCUT2D eigenvalue weighted by Gasteiger charge is -2.01. The standard InChI is InChI=1S/C11H6ClN3O2/c1-5-13-9-7-3-2-6(12)4-8(7)14-15-10(9)11(16)17-5/h2-4H,1H3. The largest absolute Gasteiger partial charge is 0.407 e. The topological polar surface area (TPSA) is 68.9 Å². The molecule has 0 unspecified atom stereocenters. The molecule has 0 fully saturated rings. The van der Waals surface area contributed by atoms with Gasteiger partial charge in [0.2, 0.25) is 0 Å². The predicted molar refractivity (Wildman–Crippen MR) is 63.1 cm³/mol. The molecule has 0 radical (unpaired) electrons. The van der Waals surface area contributed by atoms with Crippen molar-refractivity contribution >= 4 is 33.5 Å². The van der Waals surface area contributed by atoms with Gasteiger partial charge in [-0.2, -0.15) is 0 Å². The van der Waals surface area contributed by atoms with E-state index in [9.17, 15) is 4.79 Å². The third-order valence-corrected chi connectivity index (χ3v) is 2.64. The minimum Gasteiger partial charge on any atom is -0.407 e. The van der Waals surface area contributed by atoms with Gasteiger partial charge in [0, 0.05) is 17.3 Å². The van der Waals surface area contributed by atoms with Crippen molar-refractivity contribution in [2.75, 3.05) is 0 Å². The summed E-state index contributed by atoms with van der Waals surface area (Å²) in [5.41, 5.74) is 0.685. The fourth-order valence-corrected chi connectivity index (χ4v) is 1.85. The van der Waals surface area contributed by atoms with E-state index in [1.54, 1.807) is 25.1 Å². The zero-order valence-electron chi connectivity index (χ0n) is 8.77. The number of nitrogens with zero attached hydrogens (tertiary/aromatic N) is 3. The zero-order valence-corrected chi connectivity index (χ0v) is 9.52. The Morgan fingerprint density at radius 3 is 2.88 bits per heavy atom. The molecule has 0 saturated carbocycles. The lowest BCUT2D eigenvalue weighted by Crippen LogP contribution is -2.06. The van der Waals surface area contributed by atoms with Crippen LogP contribution in [0.25, 0.3) is 21.9 Å². The highest BCUT2D eigenvalue weighted by Gasteiger charge is 2.10. The molecule has 84 valence electrons. The van der Waals surface area contributed by atoms with Crippen LogP contribution in [-0.4, -0.2) is 15.2 Å². The molecule has 3 aromatic rings. The first-order chi connectivity index (χ1) is 8.15. The molecule has 0 atom stereocenters. The Morgan fingerprint density at radius 1 is 1.24 bits per heavy atom. The van der Waals surface area contributed by atoms with E-state index in [4.69, 9.17) is 16.0 Å². The second kappa shape index (κ2) is 3.49. The second-order valence-corrected chi connectivity index (χ2v) is 4.02. The van der Waals surface area contributed by atoms with Gasteiger partial charge in [0.05, 0.1) is 5.52 Å². The molecular weight excluding hydrogens is 242 g/mol. The minimum absolute atomic E-state index is 0.130. The number of hydrogen-bond acceptors (Lipinski definition) is 5. The summed E-state index contributed by atoms with van der Waals surface area (Å²) in [6, 6.07) is 5.16. The zero-order chi connectivity index (χ0) is 12.0. The highest BCUT2D eigenvalue weighted by Crippen LogP contribution is 2.21. The molecular formula is C11H6ClN3O2. The van der Waals surface area contributed by atoms with Crippen molar-refractivity contribution in [1.82, 2.24) is 15.2 Å². The van der Waals surface area contributed by atoms with Crippen molar-refractivity contribution in [3.05, 3.63) is 39.5 Å². The molecule has 0 saturated heterocycles. The number of benzene rings is 1. The van der Waals surface area contributed by atoms with Crippen LogP contribution < -0.4 is 5.63 Å². The van der Waals surface area contributed by atoms with Gasteiger partial charge in [-0.3, -0.25) is 0 Å². The lowest BCUT2D eigenvalue weighted by atomic mass is 10.2. The van der Waals surface area contributed by atoms with Crippen molar-refractivity contribution in [2.24, 2.45) is 0 Å². The molecule has 2 aromatic heterocycles. The maximum atomic E-state index is 11.6. The van der Waals surface area contributed by atoms with Gasteiger partial charge in [0.1, 0.15) is 5.52 Å². The first-order valence-corrected chi connectivity index (χ1v) is 5.26. The molecule has 2 heterocycles. The highest BCUT2D eigenvalue weighted by molar-refractivity contribution is 6.31. The Morgan fingerprint density at radius 2 is 2.06 bits per heavy atom. The maximum Gasteiger partial charge on any atom is 0.367 e. The number of fused-ring (bicyclic) bond motifs is 3. The van der Waals surface area contributed by atoms with Crippen LogP contribution in [0.3, 0.4) is 0 Å². The van der Waals surface area contributed by atoms with Gasteiger partial charge in [-0.1, -0.05) is 11.6 Å². The van der Waals surface area contributed by atoms with Crippen molar-refractivity contribution in [2.45, 2.75) is 6.92 Å². The third-order valence-electron chi connectivity index (χ3n) is 2.40. The summed E-state index contributed by atoms with van der Waals surface area (Å²) in [6.07, 6.45) is 0. The summed E-state index contributed by atoms with van der Waals surface area (Å²) in [4.78, 5) is 15.8. The molecule has 5 nitrogen and oxygen atoms in total. The fourth-order valence-electron chi connectivity index (χ4n) is 1.68. The average molecular weight is 248 g/mol. The van der Waals surface area contributed by atoms with Crippen molar-refractivity contribution in [3.63, 3.8) is 0 Å². The number of rotatable bonds is 0. The molecule has 6 heteroatoms. The summed E-state index contributed by atoms with van der Waals surface area (Å²) in [7, 11) is 0. The fraction of sp³-hybridized carbons (Fsp3) is 0.0909. The first-order valence-electron chi connectivity index (χ1n) is 4.88. The summed E-state index contributed by atoms with van der Waals surface area (Å²) >= 11 is 5.86. The Hall–Kier alpha value is -2.01. The molecule has 17 heavy (non-hydrogen) atoms. The van der Waals surface area contributed by atoms with Gasteiger partial charge in [-0.15, -0.1) is 10.2 Å². The van der Waals surface area contributed by atoms with E-state index < -0.39 is 5.63 Å². The molecule has 3 rings (SSSR count). The Labute approximate surface area is 100 Å². The van der Waals surface area contributed by atoms with Crippen LogP contribution in [-0.2, 0) is 0 Å². The second-order valence-electron chi connectivity index (χ2n) is 3.58. The maximum absolute atomic E-state index is 11.6. The number of aryl methyl sites for hydroxylation is 1. The Kier molecular flexibility index (Phi) is 2.09. The van der Waals surface area contributed by atoms with Crippen molar-refractivity contribution < 1.29 is 4.42 Å². The molecule has 0 aliphatic rings. The quantitative estimate of drug-likeness (QED) is 0.569. The number of aromatic nitrogens is 3. The minimum atomic E-state index is -0.531. The number of hydrogen-bond donors (Lipinski definition) is 0. The van der Waals surface area contributed by atoms with Gasteiger partial charge < -0.3 is 4.42 Å². The van der Waals surface area contributed by atoms with Gasteiger partial charge in [-0.25, -0.2) is 9.78 Å². The Bertz CT molecular complexity index is 798. The summed E-state index contributed by atoms with van der Waals surface area (Å²) < 4.78 is 4.87. The van der Waals surface area contributed by atoms with Crippen LogP contribution in [0.2, 0.25) is 5.02 Å². The molecule has 0 aliphatic carbocycles. The molecule has 0 aliphatic heterocycles. The van der Waals surface area contributed by atoms with E-state index in [1.165, 1.54) is 0 Å². The van der Waals surface area contributed by atoms with E-state index >= 15 is 0 Å². The molecule has 0 N–H and O–H groups in total. The van der Waals surface area contributed by atoms with Crippen LogP contribution in [0.15, 0.2) is 27.4 Å². The lowest BCUT2D eigenvalue weighted by molar-refractivity contribution is 0.465. The van der Waals surface area contributed by atoms with Gasteiger partial charge in [0.25, 0.3) is 0 Å². The van der Waals surface area contributed by atoms with Crippen LogP contribution in [0, 0.1) is 6.92 Å². The normalized spacial score (nSPS) is 11.2. The van der Waals surface area contributed by atoms with E-state index in [1.807, 2.05) is 0 Å². The van der Waals surface area contributed by atoms with E-state index in [0.717, 1.165) is 5.39 Å². The van der Waals surface area contributed by atoms with Crippen molar-refractivity contribution in [1.29, 1.82) is 0 Å². The number of halogens is 1. The predicted octanol–water partition coefficient (Wildman–Crippen LogP) is 2.09. The molecule has 1 aromatic carbocycles. The molecule has 0 spiro atoms.